The highest BCUT2D eigenvalue weighted by atomic mass is 79.9. The van der Waals surface area contributed by atoms with Gasteiger partial charge in [0, 0.05) is 16.6 Å². The quantitative estimate of drug-likeness (QED) is 0.450. The van der Waals surface area contributed by atoms with Crippen molar-refractivity contribution in [1.82, 2.24) is 4.90 Å². The van der Waals surface area contributed by atoms with Crippen molar-refractivity contribution in [3.05, 3.63) is 70.2 Å². The van der Waals surface area contributed by atoms with Crippen molar-refractivity contribution in [2.75, 3.05) is 0 Å². The second-order valence-electron chi connectivity index (χ2n) is 10.5. The van der Waals surface area contributed by atoms with Gasteiger partial charge in [-0.2, -0.15) is 0 Å². The van der Waals surface area contributed by atoms with E-state index in [0.717, 1.165) is 42.1 Å². The van der Waals surface area contributed by atoms with Crippen LogP contribution in [0.4, 0.5) is 4.79 Å². The topological polar surface area (TPSA) is 29.5 Å². The van der Waals surface area contributed by atoms with Gasteiger partial charge in [0.15, 0.2) is 0 Å². The van der Waals surface area contributed by atoms with Crippen LogP contribution >= 0.6 is 15.9 Å². The summed E-state index contributed by atoms with van der Waals surface area (Å²) in [6.07, 6.45) is 5.22. The van der Waals surface area contributed by atoms with Gasteiger partial charge in [-0.05, 0) is 87.5 Å². The Hall–Kier alpha value is -1.81. The summed E-state index contributed by atoms with van der Waals surface area (Å²) >= 11 is 3.57. The number of carbonyl (C=O) groups excluding carboxylic acids is 1. The van der Waals surface area contributed by atoms with Gasteiger partial charge in [-0.15, -0.1) is 0 Å². The predicted octanol–water partition coefficient (Wildman–Crippen LogP) is 7.48. The van der Waals surface area contributed by atoms with Crippen LogP contribution in [-0.4, -0.2) is 22.1 Å². The molecule has 3 aliphatic rings. The van der Waals surface area contributed by atoms with Gasteiger partial charge in [-0.25, -0.2) is 4.79 Å². The van der Waals surface area contributed by atoms with E-state index in [2.05, 4.69) is 64.2 Å². The highest BCUT2D eigenvalue weighted by Crippen LogP contribution is 2.58. The molecule has 0 aromatic heterocycles. The number of nitrogens with zero attached hydrogens (tertiary/aromatic N) is 1. The summed E-state index contributed by atoms with van der Waals surface area (Å²) in [7, 11) is 0. The number of hydrogen-bond donors (Lipinski definition) is 0. The molecule has 4 heteroatoms. The molecule has 2 aromatic rings. The lowest BCUT2D eigenvalue weighted by Crippen LogP contribution is -2.63. The van der Waals surface area contributed by atoms with E-state index in [1.54, 1.807) is 0 Å². The summed E-state index contributed by atoms with van der Waals surface area (Å²) in [5.74, 6) is 0.412. The zero-order chi connectivity index (χ0) is 22.3. The first-order chi connectivity index (χ1) is 14.6. The second kappa shape index (κ2) is 8.27. The zero-order valence-corrected chi connectivity index (χ0v) is 20.7. The highest BCUT2D eigenvalue weighted by molar-refractivity contribution is 9.10. The van der Waals surface area contributed by atoms with Crippen molar-refractivity contribution in [3.8, 4) is 0 Å². The summed E-state index contributed by atoms with van der Waals surface area (Å²) in [6.45, 7) is 8.80. The van der Waals surface area contributed by atoms with Crippen LogP contribution in [0.2, 0.25) is 0 Å². The molecular formula is C27H34BrNO2. The Morgan fingerprint density at radius 2 is 1.65 bits per heavy atom. The molecule has 3 aliphatic carbocycles. The summed E-state index contributed by atoms with van der Waals surface area (Å²) in [4.78, 5) is 15.5. The first kappa shape index (κ1) is 22.4. The van der Waals surface area contributed by atoms with Crippen molar-refractivity contribution >= 4 is 22.0 Å². The standard InChI is InChI=1S/C27H34BrNO2/c1-20-18-26(22-10-12-23(28)13-11-22)14-16-27(20,17-15-26)29(24(30)31-25(2,3)4)19-21-8-6-5-7-9-21/h5-13,20H,14-19H2,1-4H3. The Balaban J connectivity index is 1.64. The van der Waals surface area contributed by atoms with Gasteiger partial charge in [-0.1, -0.05) is 65.3 Å². The molecule has 0 N–H and O–H groups in total. The van der Waals surface area contributed by atoms with Gasteiger partial charge in [0.2, 0.25) is 0 Å². The maximum atomic E-state index is 13.5. The van der Waals surface area contributed by atoms with Gasteiger partial charge in [-0.3, -0.25) is 4.90 Å². The van der Waals surface area contributed by atoms with Gasteiger partial charge in [0.1, 0.15) is 5.60 Å². The van der Waals surface area contributed by atoms with E-state index in [0.29, 0.717) is 12.5 Å². The number of amides is 1. The first-order valence-electron chi connectivity index (χ1n) is 11.4. The normalized spacial score (nSPS) is 27.7. The number of ether oxygens (including phenoxy) is 1. The van der Waals surface area contributed by atoms with Gasteiger partial charge in [0.05, 0.1) is 0 Å². The number of carbonyl (C=O) groups is 1. The summed E-state index contributed by atoms with van der Waals surface area (Å²) < 4.78 is 7.05. The predicted molar refractivity (Wildman–Crippen MR) is 129 cm³/mol. The summed E-state index contributed by atoms with van der Waals surface area (Å²) in [5.41, 5.74) is 2.19. The fourth-order valence-corrected chi connectivity index (χ4v) is 6.13. The van der Waals surface area contributed by atoms with E-state index in [9.17, 15) is 4.79 Å². The molecule has 3 saturated carbocycles. The second-order valence-corrected chi connectivity index (χ2v) is 11.5. The van der Waals surface area contributed by atoms with E-state index in [-0.39, 0.29) is 17.0 Å². The van der Waals surface area contributed by atoms with E-state index in [4.69, 9.17) is 4.74 Å². The number of benzene rings is 2. The third-order valence-electron chi connectivity index (χ3n) is 7.48. The van der Waals surface area contributed by atoms with E-state index in [1.165, 1.54) is 5.56 Å². The molecule has 0 aliphatic heterocycles. The minimum Gasteiger partial charge on any atom is -0.444 e. The lowest BCUT2D eigenvalue weighted by Gasteiger charge is -2.61. The smallest absolute Gasteiger partial charge is 0.411 e. The molecule has 31 heavy (non-hydrogen) atoms. The monoisotopic (exact) mass is 483 g/mol. The van der Waals surface area contributed by atoms with Gasteiger partial charge in [0.25, 0.3) is 0 Å². The fourth-order valence-electron chi connectivity index (χ4n) is 5.87. The molecule has 0 spiro atoms. The molecule has 0 radical (unpaired) electrons. The van der Waals surface area contributed by atoms with Gasteiger partial charge < -0.3 is 4.74 Å². The third-order valence-corrected chi connectivity index (χ3v) is 8.01. The summed E-state index contributed by atoms with van der Waals surface area (Å²) in [5, 5.41) is 0. The van der Waals surface area contributed by atoms with Crippen LogP contribution in [0.1, 0.15) is 70.9 Å². The molecule has 2 aromatic carbocycles. The Labute approximate surface area is 195 Å². The molecule has 3 fully saturated rings. The van der Waals surface area contributed by atoms with E-state index < -0.39 is 5.60 Å². The molecule has 1 unspecified atom stereocenters. The Morgan fingerprint density at radius 3 is 2.19 bits per heavy atom. The highest BCUT2D eigenvalue weighted by Gasteiger charge is 2.57. The fraction of sp³-hybridized carbons (Fsp3) is 0.519. The minimum absolute atomic E-state index is 0.144. The Morgan fingerprint density at radius 1 is 1.03 bits per heavy atom. The van der Waals surface area contributed by atoms with Crippen molar-refractivity contribution in [3.63, 3.8) is 0 Å². The molecule has 5 rings (SSSR count). The zero-order valence-electron chi connectivity index (χ0n) is 19.2. The van der Waals surface area contributed by atoms with Crippen molar-refractivity contribution in [2.45, 2.75) is 82.9 Å². The maximum Gasteiger partial charge on any atom is 0.411 e. The lowest BCUT2D eigenvalue weighted by molar-refractivity contribution is -0.0775. The Bertz CT molecular complexity index is 909. The molecular weight excluding hydrogens is 450 g/mol. The minimum atomic E-state index is -0.504. The average molecular weight is 484 g/mol. The number of rotatable bonds is 4. The van der Waals surface area contributed by atoms with Gasteiger partial charge >= 0.3 is 6.09 Å². The lowest BCUT2D eigenvalue weighted by atomic mass is 9.50. The molecule has 0 saturated heterocycles. The van der Waals surface area contributed by atoms with Crippen LogP contribution in [-0.2, 0) is 16.7 Å². The number of hydrogen-bond acceptors (Lipinski definition) is 2. The Kier molecular flexibility index (Phi) is 5.97. The van der Waals surface area contributed by atoms with Crippen molar-refractivity contribution in [1.29, 1.82) is 0 Å². The maximum absolute atomic E-state index is 13.5. The molecule has 1 atom stereocenters. The number of fused-ring (bicyclic) bond motifs is 3. The summed E-state index contributed by atoms with van der Waals surface area (Å²) in [6, 6.07) is 19.2. The van der Waals surface area contributed by atoms with Crippen LogP contribution in [0.25, 0.3) is 0 Å². The molecule has 166 valence electrons. The van der Waals surface area contributed by atoms with Crippen LogP contribution < -0.4 is 0 Å². The van der Waals surface area contributed by atoms with Crippen LogP contribution in [0.5, 0.6) is 0 Å². The van der Waals surface area contributed by atoms with Crippen LogP contribution in [0.3, 0.4) is 0 Å². The molecule has 0 heterocycles. The number of halogens is 1. The SMILES string of the molecule is CC1CC2(c3ccc(Br)cc3)CCC1(N(Cc1ccccc1)C(=O)OC(C)(C)C)CC2. The largest absolute Gasteiger partial charge is 0.444 e. The third kappa shape index (κ3) is 4.41. The van der Waals surface area contributed by atoms with E-state index in [1.807, 2.05) is 39.0 Å². The van der Waals surface area contributed by atoms with Crippen molar-refractivity contribution < 1.29 is 9.53 Å². The molecule has 2 bridgehead atoms. The van der Waals surface area contributed by atoms with Crippen LogP contribution in [0, 0.1) is 5.92 Å². The first-order valence-corrected chi connectivity index (χ1v) is 12.2. The molecule has 3 nitrogen and oxygen atoms in total. The average Bonchev–Trinajstić information content (AvgIpc) is 2.73. The molecule has 1 amide bonds. The van der Waals surface area contributed by atoms with Crippen LogP contribution in [0.15, 0.2) is 59.1 Å². The van der Waals surface area contributed by atoms with Crippen molar-refractivity contribution in [2.24, 2.45) is 5.92 Å². The van der Waals surface area contributed by atoms with E-state index >= 15 is 0 Å².